The number of anilines is 5. The highest BCUT2D eigenvalue weighted by Crippen LogP contribution is 2.40. The molecular formula is C38H45N5O4. The minimum Gasteiger partial charge on any atom is -0.492 e. The number of rotatable bonds is 16. The molecule has 0 atom stereocenters. The minimum atomic E-state index is -0.299. The van der Waals surface area contributed by atoms with Gasteiger partial charge in [-0.3, -0.25) is 9.59 Å². The molecule has 0 saturated heterocycles. The molecule has 1 aliphatic rings. The molecule has 4 N–H and O–H groups in total. The van der Waals surface area contributed by atoms with E-state index in [-0.39, 0.29) is 28.4 Å². The van der Waals surface area contributed by atoms with Gasteiger partial charge in [0.1, 0.15) is 24.7 Å². The lowest BCUT2D eigenvalue weighted by Crippen LogP contribution is -2.27. The lowest BCUT2D eigenvalue weighted by molar-refractivity contribution is 0.0981. The summed E-state index contributed by atoms with van der Waals surface area (Å²) in [5.41, 5.74) is 10.2. The molecule has 0 fully saturated rings. The van der Waals surface area contributed by atoms with E-state index in [9.17, 15) is 9.59 Å². The van der Waals surface area contributed by atoms with Crippen LogP contribution in [0.2, 0.25) is 0 Å². The van der Waals surface area contributed by atoms with Gasteiger partial charge in [0, 0.05) is 35.7 Å². The highest BCUT2D eigenvalue weighted by Gasteiger charge is 2.35. The Morgan fingerprint density at radius 1 is 0.574 bits per heavy atom. The number of carbonyl (C=O) groups excluding carboxylic acids is 2. The Bertz CT molecular complexity index is 1680. The molecule has 0 spiro atoms. The van der Waals surface area contributed by atoms with Crippen molar-refractivity contribution < 1.29 is 19.1 Å². The summed E-state index contributed by atoms with van der Waals surface area (Å²) < 4.78 is 11.9. The standard InChI is InChI=1S/C38H45N5O4/c1-5-42(6-2)22-24-46-28-16-12-26(13-17-28)40-32-20-21-33(36-35(32)37(44)30-10-9-11-31(39)34(30)38(36)45)41-27-14-18-29(19-15-27)47-25-23-43(7-3)8-4/h9-21,40-41H,5-8,22-25,39H2,1-4H3. The minimum absolute atomic E-state index is 0.230. The van der Waals surface area contributed by atoms with Crippen molar-refractivity contribution in [1.29, 1.82) is 0 Å². The van der Waals surface area contributed by atoms with Crippen LogP contribution in [0.15, 0.2) is 78.9 Å². The van der Waals surface area contributed by atoms with Gasteiger partial charge in [-0.15, -0.1) is 0 Å². The van der Waals surface area contributed by atoms with Crippen LogP contribution in [0.3, 0.4) is 0 Å². The van der Waals surface area contributed by atoms with Gasteiger partial charge in [0.05, 0.1) is 28.1 Å². The van der Waals surface area contributed by atoms with Crippen LogP contribution in [0.25, 0.3) is 0 Å². The van der Waals surface area contributed by atoms with Gasteiger partial charge in [-0.05, 0) is 92.9 Å². The molecule has 0 bridgehead atoms. The van der Waals surface area contributed by atoms with Gasteiger partial charge in [-0.2, -0.15) is 0 Å². The summed E-state index contributed by atoms with van der Waals surface area (Å²) in [5.74, 6) is 0.964. The van der Waals surface area contributed by atoms with E-state index in [0.29, 0.717) is 35.7 Å². The topological polar surface area (TPSA) is 109 Å². The van der Waals surface area contributed by atoms with Crippen LogP contribution >= 0.6 is 0 Å². The monoisotopic (exact) mass is 635 g/mol. The molecule has 1 aliphatic carbocycles. The fourth-order valence-electron chi connectivity index (χ4n) is 5.80. The smallest absolute Gasteiger partial charge is 0.198 e. The molecule has 0 amide bonds. The summed E-state index contributed by atoms with van der Waals surface area (Å²) in [6.07, 6.45) is 0. The maximum Gasteiger partial charge on any atom is 0.198 e. The Kier molecular flexibility index (Phi) is 11.1. The zero-order valence-electron chi connectivity index (χ0n) is 27.8. The number of nitrogens with one attached hydrogen (secondary N) is 2. The summed E-state index contributed by atoms with van der Waals surface area (Å²) in [4.78, 5) is 32.7. The third-order valence-electron chi connectivity index (χ3n) is 8.64. The number of nitrogens with zero attached hydrogens (tertiary/aromatic N) is 2. The molecule has 4 aromatic rings. The number of benzene rings is 4. The Hall–Kier alpha value is -4.86. The van der Waals surface area contributed by atoms with Gasteiger partial charge in [0.25, 0.3) is 0 Å². The quantitative estimate of drug-likeness (QED) is 0.0991. The SMILES string of the molecule is CCN(CC)CCOc1ccc(Nc2ccc(Nc3ccc(OCCN(CC)CC)cc3)c3c2C(=O)c2cccc(N)c2C3=O)cc1. The summed E-state index contributed by atoms with van der Waals surface area (Å²) in [5, 5.41) is 6.73. The molecule has 4 aromatic carbocycles. The van der Waals surface area contributed by atoms with Gasteiger partial charge in [0.2, 0.25) is 0 Å². The lowest BCUT2D eigenvalue weighted by Gasteiger charge is -2.25. The fraction of sp³-hybridized carbons (Fsp3) is 0.316. The van der Waals surface area contributed by atoms with Crippen LogP contribution in [-0.4, -0.2) is 73.8 Å². The molecule has 5 rings (SSSR count). The predicted octanol–water partition coefficient (Wildman–Crippen LogP) is 6.97. The van der Waals surface area contributed by atoms with Crippen molar-refractivity contribution in [2.75, 3.05) is 68.8 Å². The molecule has 9 heteroatoms. The number of carbonyl (C=O) groups is 2. The Labute approximate surface area is 277 Å². The average molecular weight is 636 g/mol. The summed E-state index contributed by atoms with van der Waals surface area (Å²) in [7, 11) is 0. The van der Waals surface area contributed by atoms with E-state index in [4.69, 9.17) is 15.2 Å². The molecule has 0 unspecified atom stereocenters. The number of hydrogen-bond acceptors (Lipinski definition) is 9. The fourth-order valence-corrected chi connectivity index (χ4v) is 5.80. The van der Waals surface area contributed by atoms with Crippen LogP contribution in [0.4, 0.5) is 28.4 Å². The van der Waals surface area contributed by atoms with E-state index in [0.717, 1.165) is 62.1 Å². The van der Waals surface area contributed by atoms with Gasteiger partial charge in [-0.1, -0.05) is 39.8 Å². The van der Waals surface area contributed by atoms with Crippen LogP contribution in [0, 0.1) is 0 Å². The first kappa shape index (κ1) is 33.5. The second kappa shape index (κ2) is 15.6. The summed E-state index contributed by atoms with van der Waals surface area (Å²) in [6.45, 7) is 15.4. The first-order valence-corrected chi connectivity index (χ1v) is 16.5. The van der Waals surface area contributed by atoms with Crippen molar-refractivity contribution in [1.82, 2.24) is 9.80 Å². The molecule has 0 heterocycles. The largest absolute Gasteiger partial charge is 0.492 e. The van der Waals surface area contributed by atoms with E-state index < -0.39 is 0 Å². The average Bonchev–Trinajstić information content (AvgIpc) is 3.09. The molecule has 9 nitrogen and oxygen atoms in total. The maximum atomic E-state index is 14.1. The van der Waals surface area contributed by atoms with E-state index in [1.165, 1.54) is 0 Å². The van der Waals surface area contributed by atoms with Crippen molar-refractivity contribution in [2.24, 2.45) is 0 Å². The van der Waals surface area contributed by atoms with Crippen molar-refractivity contribution in [3.05, 3.63) is 101 Å². The second-order valence-electron chi connectivity index (χ2n) is 11.4. The Morgan fingerprint density at radius 3 is 1.47 bits per heavy atom. The van der Waals surface area contributed by atoms with E-state index in [2.05, 4.69) is 48.1 Å². The Morgan fingerprint density at radius 2 is 1.02 bits per heavy atom. The lowest BCUT2D eigenvalue weighted by atomic mass is 9.81. The van der Waals surface area contributed by atoms with Gasteiger partial charge in [-0.25, -0.2) is 0 Å². The molecule has 0 aliphatic heterocycles. The first-order valence-electron chi connectivity index (χ1n) is 16.5. The maximum absolute atomic E-state index is 14.1. The van der Waals surface area contributed by atoms with Crippen LogP contribution < -0.4 is 25.8 Å². The van der Waals surface area contributed by atoms with Crippen LogP contribution in [0.5, 0.6) is 11.5 Å². The zero-order chi connectivity index (χ0) is 33.3. The number of likely N-dealkylation sites (N-methyl/N-ethyl adjacent to an activating group) is 2. The normalized spacial score (nSPS) is 12.2. The molecule has 0 saturated carbocycles. The van der Waals surface area contributed by atoms with Crippen molar-refractivity contribution in [3.63, 3.8) is 0 Å². The second-order valence-corrected chi connectivity index (χ2v) is 11.4. The van der Waals surface area contributed by atoms with E-state index >= 15 is 0 Å². The number of ketones is 2. The van der Waals surface area contributed by atoms with Crippen molar-refractivity contribution in [2.45, 2.75) is 27.7 Å². The van der Waals surface area contributed by atoms with Crippen molar-refractivity contribution >= 4 is 40.0 Å². The number of ether oxygens (including phenoxy) is 2. The van der Waals surface area contributed by atoms with E-state index in [1.807, 2.05) is 60.7 Å². The van der Waals surface area contributed by atoms with Gasteiger partial charge < -0.3 is 35.6 Å². The molecule has 0 aromatic heterocycles. The van der Waals surface area contributed by atoms with Gasteiger partial charge in [0.15, 0.2) is 11.6 Å². The zero-order valence-corrected chi connectivity index (χ0v) is 27.8. The van der Waals surface area contributed by atoms with Crippen molar-refractivity contribution in [3.8, 4) is 11.5 Å². The predicted molar refractivity (Wildman–Crippen MR) is 190 cm³/mol. The molecule has 246 valence electrons. The third kappa shape index (κ3) is 7.76. The number of hydrogen-bond donors (Lipinski definition) is 3. The highest BCUT2D eigenvalue weighted by atomic mass is 16.5. The van der Waals surface area contributed by atoms with Crippen LogP contribution in [-0.2, 0) is 0 Å². The van der Waals surface area contributed by atoms with Crippen LogP contribution in [0.1, 0.15) is 59.5 Å². The summed E-state index contributed by atoms with van der Waals surface area (Å²) in [6, 6.07) is 23.8. The third-order valence-corrected chi connectivity index (χ3v) is 8.64. The van der Waals surface area contributed by atoms with E-state index in [1.54, 1.807) is 18.2 Å². The first-order chi connectivity index (χ1) is 22.9. The number of fused-ring (bicyclic) bond motifs is 2. The highest BCUT2D eigenvalue weighted by molar-refractivity contribution is 6.33. The summed E-state index contributed by atoms with van der Waals surface area (Å²) >= 11 is 0. The molecule has 0 radical (unpaired) electrons. The van der Waals surface area contributed by atoms with Gasteiger partial charge >= 0.3 is 0 Å². The number of nitrogen functional groups attached to an aromatic ring is 1. The molecule has 47 heavy (non-hydrogen) atoms. The Balaban J connectivity index is 1.39. The number of nitrogens with two attached hydrogens (primary N) is 1. The molecular weight excluding hydrogens is 590 g/mol.